The Kier molecular flexibility index (Phi) is 4.03. The number of carbonyl (C=O) groups excluding carboxylic acids is 1. The van der Waals surface area contributed by atoms with Crippen LogP contribution in [0.4, 0.5) is 5.82 Å². The lowest BCUT2D eigenvalue weighted by Gasteiger charge is -2.20. The second kappa shape index (κ2) is 6.11. The number of nitrogens with one attached hydrogen (secondary N) is 1. The van der Waals surface area contributed by atoms with Crippen molar-refractivity contribution < 1.29 is 9.53 Å². The van der Waals surface area contributed by atoms with Crippen LogP contribution in [0, 0.1) is 5.92 Å². The summed E-state index contributed by atoms with van der Waals surface area (Å²) in [5, 5.41) is 5.60. The van der Waals surface area contributed by atoms with E-state index in [0.717, 1.165) is 30.0 Å². The van der Waals surface area contributed by atoms with Gasteiger partial charge in [-0.15, -0.1) is 11.3 Å². The fraction of sp³-hybridized carbons (Fsp3) is 0.357. The van der Waals surface area contributed by atoms with Gasteiger partial charge in [0.25, 0.3) is 0 Å². The Hall–Kier alpha value is -1.79. The van der Waals surface area contributed by atoms with Crippen LogP contribution in [0.3, 0.4) is 0 Å². The maximum absolute atomic E-state index is 12.1. The predicted molar refractivity (Wildman–Crippen MR) is 77.5 cm³/mol. The predicted octanol–water partition coefficient (Wildman–Crippen LogP) is 2.57. The number of hydrogen-bond acceptors (Lipinski definition) is 5. The minimum absolute atomic E-state index is 0.00345. The average Bonchev–Trinajstić information content (AvgIpc) is 2.97. The van der Waals surface area contributed by atoms with Crippen molar-refractivity contribution in [3.8, 4) is 10.6 Å². The zero-order chi connectivity index (χ0) is 13.8. The second-order valence-corrected chi connectivity index (χ2v) is 5.54. The molecule has 1 atom stereocenters. The first kappa shape index (κ1) is 13.2. The topological polar surface area (TPSA) is 64.1 Å². The van der Waals surface area contributed by atoms with E-state index in [2.05, 4.69) is 15.3 Å². The summed E-state index contributed by atoms with van der Waals surface area (Å²) in [7, 11) is 0. The van der Waals surface area contributed by atoms with Gasteiger partial charge in [-0.25, -0.2) is 4.98 Å². The third-order valence-corrected chi connectivity index (χ3v) is 4.11. The summed E-state index contributed by atoms with van der Waals surface area (Å²) in [6, 6.07) is 3.80. The number of ether oxygens (including phenoxy) is 1. The van der Waals surface area contributed by atoms with E-state index in [0.29, 0.717) is 12.4 Å². The molecular weight excluding hydrogens is 274 g/mol. The summed E-state index contributed by atoms with van der Waals surface area (Å²) in [4.78, 5) is 20.5. The van der Waals surface area contributed by atoms with Gasteiger partial charge in [-0.1, -0.05) is 0 Å². The number of carbonyl (C=O) groups is 1. The third kappa shape index (κ3) is 3.02. The van der Waals surface area contributed by atoms with E-state index in [9.17, 15) is 4.79 Å². The van der Waals surface area contributed by atoms with Gasteiger partial charge in [0, 0.05) is 29.9 Å². The van der Waals surface area contributed by atoms with Gasteiger partial charge in [0.15, 0.2) is 0 Å². The van der Waals surface area contributed by atoms with Crippen molar-refractivity contribution >= 4 is 23.1 Å². The highest BCUT2D eigenvalue weighted by Gasteiger charge is 2.22. The smallest absolute Gasteiger partial charge is 0.230 e. The standard InChI is InChI=1S/C14H15N3O2S/c18-13(11-2-1-7-19-8-11)16-12-9-20-14(17-12)10-3-5-15-6-4-10/h3-6,9,11H,1-2,7-8H2,(H,16,18). The Morgan fingerprint density at radius 3 is 3.00 bits per heavy atom. The van der Waals surface area contributed by atoms with Crippen molar-refractivity contribution in [3.05, 3.63) is 29.9 Å². The molecule has 20 heavy (non-hydrogen) atoms. The van der Waals surface area contributed by atoms with Crippen molar-refractivity contribution in [2.75, 3.05) is 18.5 Å². The Labute approximate surface area is 121 Å². The maximum Gasteiger partial charge on any atom is 0.230 e. The SMILES string of the molecule is O=C(Nc1csc(-c2ccncc2)n1)C1CCCOC1. The van der Waals surface area contributed by atoms with Crippen molar-refractivity contribution in [2.45, 2.75) is 12.8 Å². The number of nitrogens with zero attached hydrogens (tertiary/aromatic N) is 2. The highest BCUT2D eigenvalue weighted by atomic mass is 32.1. The molecule has 6 heteroatoms. The Bertz CT molecular complexity index is 579. The molecular formula is C14H15N3O2S. The minimum Gasteiger partial charge on any atom is -0.381 e. The number of anilines is 1. The summed E-state index contributed by atoms with van der Waals surface area (Å²) < 4.78 is 5.33. The lowest BCUT2D eigenvalue weighted by molar-refractivity contribution is -0.123. The summed E-state index contributed by atoms with van der Waals surface area (Å²) in [5.74, 6) is 0.545. The van der Waals surface area contributed by atoms with Crippen molar-refractivity contribution in [1.29, 1.82) is 0 Å². The lowest BCUT2D eigenvalue weighted by Crippen LogP contribution is -2.30. The number of aromatic nitrogens is 2. The monoisotopic (exact) mass is 289 g/mol. The van der Waals surface area contributed by atoms with E-state index < -0.39 is 0 Å². The fourth-order valence-corrected chi connectivity index (χ4v) is 2.89. The average molecular weight is 289 g/mol. The zero-order valence-corrected chi connectivity index (χ0v) is 11.7. The number of hydrogen-bond donors (Lipinski definition) is 1. The Balaban J connectivity index is 1.66. The zero-order valence-electron chi connectivity index (χ0n) is 10.9. The van der Waals surface area contributed by atoms with Crippen LogP contribution in [0.5, 0.6) is 0 Å². The van der Waals surface area contributed by atoms with Crippen LogP contribution in [0.2, 0.25) is 0 Å². The van der Waals surface area contributed by atoms with E-state index in [1.165, 1.54) is 11.3 Å². The molecule has 2 aromatic heterocycles. The van der Waals surface area contributed by atoms with E-state index in [4.69, 9.17) is 4.74 Å². The molecule has 1 N–H and O–H groups in total. The first-order valence-electron chi connectivity index (χ1n) is 6.57. The molecule has 0 radical (unpaired) electrons. The van der Waals surface area contributed by atoms with Gasteiger partial charge in [0.2, 0.25) is 5.91 Å². The van der Waals surface area contributed by atoms with Gasteiger partial charge in [-0.05, 0) is 25.0 Å². The molecule has 104 valence electrons. The van der Waals surface area contributed by atoms with E-state index in [1.54, 1.807) is 12.4 Å². The molecule has 3 heterocycles. The molecule has 1 aliphatic rings. The van der Waals surface area contributed by atoms with Gasteiger partial charge in [0.1, 0.15) is 10.8 Å². The normalized spacial score (nSPS) is 18.7. The van der Waals surface area contributed by atoms with Crippen LogP contribution in [-0.2, 0) is 9.53 Å². The lowest BCUT2D eigenvalue weighted by atomic mass is 10.0. The van der Waals surface area contributed by atoms with Crippen LogP contribution in [0.15, 0.2) is 29.9 Å². The summed E-state index contributed by atoms with van der Waals surface area (Å²) in [6.45, 7) is 1.26. The highest BCUT2D eigenvalue weighted by Crippen LogP contribution is 2.25. The van der Waals surface area contributed by atoms with Gasteiger partial charge in [0.05, 0.1) is 12.5 Å². The van der Waals surface area contributed by atoms with Crippen LogP contribution >= 0.6 is 11.3 Å². The van der Waals surface area contributed by atoms with Gasteiger partial charge in [-0.3, -0.25) is 9.78 Å². The van der Waals surface area contributed by atoms with Gasteiger partial charge >= 0.3 is 0 Å². The summed E-state index contributed by atoms with van der Waals surface area (Å²) in [6.07, 6.45) is 5.29. The third-order valence-electron chi connectivity index (χ3n) is 3.21. The molecule has 1 fully saturated rings. The molecule has 0 saturated carbocycles. The Morgan fingerprint density at radius 2 is 2.25 bits per heavy atom. The van der Waals surface area contributed by atoms with Crippen molar-refractivity contribution in [2.24, 2.45) is 5.92 Å². The van der Waals surface area contributed by atoms with E-state index >= 15 is 0 Å². The van der Waals surface area contributed by atoms with Crippen LogP contribution in [0.25, 0.3) is 10.6 Å². The van der Waals surface area contributed by atoms with Crippen molar-refractivity contribution in [3.63, 3.8) is 0 Å². The van der Waals surface area contributed by atoms with Crippen LogP contribution in [0.1, 0.15) is 12.8 Å². The largest absolute Gasteiger partial charge is 0.381 e. The molecule has 0 bridgehead atoms. The Morgan fingerprint density at radius 1 is 1.40 bits per heavy atom. The van der Waals surface area contributed by atoms with Gasteiger partial charge < -0.3 is 10.1 Å². The molecule has 3 rings (SSSR count). The fourth-order valence-electron chi connectivity index (χ4n) is 2.13. The number of pyridine rings is 1. The first-order valence-corrected chi connectivity index (χ1v) is 7.45. The maximum atomic E-state index is 12.1. The molecule has 0 aliphatic carbocycles. The van der Waals surface area contributed by atoms with Crippen LogP contribution in [-0.4, -0.2) is 29.1 Å². The number of amides is 1. The second-order valence-electron chi connectivity index (χ2n) is 4.68. The molecule has 2 aromatic rings. The van der Waals surface area contributed by atoms with E-state index in [1.807, 2.05) is 17.5 Å². The van der Waals surface area contributed by atoms with Crippen LogP contribution < -0.4 is 5.32 Å². The quantitative estimate of drug-likeness (QED) is 0.943. The highest BCUT2D eigenvalue weighted by molar-refractivity contribution is 7.13. The van der Waals surface area contributed by atoms with E-state index in [-0.39, 0.29) is 11.8 Å². The molecule has 5 nitrogen and oxygen atoms in total. The number of thiazole rings is 1. The summed E-state index contributed by atoms with van der Waals surface area (Å²) >= 11 is 1.51. The molecule has 0 aromatic carbocycles. The molecule has 1 unspecified atom stereocenters. The van der Waals surface area contributed by atoms with Crippen molar-refractivity contribution in [1.82, 2.24) is 9.97 Å². The first-order chi connectivity index (χ1) is 9.83. The molecule has 0 spiro atoms. The number of rotatable bonds is 3. The minimum atomic E-state index is -0.0603. The van der Waals surface area contributed by atoms with Gasteiger partial charge in [-0.2, -0.15) is 0 Å². The molecule has 1 aliphatic heterocycles. The summed E-state index contributed by atoms with van der Waals surface area (Å²) in [5.41, 5.74) is 1.01. The molecule has 1 amide bonds. The molecule has 1 saturated heterocycles.